The van der Waals surface area contributed by atoms with Crippen LogP contribution in [0.25, 0.3) is 16.3 Å². The molecular formula is C21H15FN6O2S. The Morgan fingerprint density at radius 2 is 2.00 bits per heavy atom. The quantitative estimate of drug-likeness (QED) is 0.469. The molecule has 0 saturated heterocycles. The first-order valence-electron chi connectivity index (χ1n) is 9.22. The largest absolute Gasteiger partial charge is 0.347 e. The Bertz CT molecular complexity index is 1320. The van der Waals surface area contributed by atoms with Crippen molar-refractivity contribution in [2.24, 2.45) is 0 Å². The lowest BCUT2D eigenvalue weighted by Gasteiger charge is -2.07. The highest BCUT2D eigenvalue weighted by atomic mass is 32.1. The molecule has 0 spiro atoms. The number of thiazole rings is 1. The van der Waals surface area contributed by atoms with Gasteiger partial charge in [0.25, 0.3) is 0 Å². The summed E-state index contributed by atoms with van der Waals surface area (Å²) in [6, 6.07) is 14.4. The van der Waals surface area contributed by atoms with Crippen molar-refractivity contribution in [1.29, 1.82) is 5.26 Å². The van der Waals surface area contributed by atoms with E-state index in [2.05, 4.69) is 20.7 Å². The molecule has 0 saturated carbocycles. The molecule has 31 heavy (non-hydrogen) atoms. The summed E-state index contributed by atoms with van der Waals surface area (Å²) in [5.74, 6) is -1.62. The smallest absolute Gasteiger partial charge is 0.313 e. The van der Waals surface area contributed by atoms with Gasteiger partial charge in [0.15, 0.2) is 5.82 Å². The van der Waals surface area contributed by atoms with Crippen molar-refractivity contribution in [2.45, 2.75) is 6.42 Å². The number of hydrogen-bond donors (Lipinski definition) is 2. The Labute approximate surface area is 180 Å². The Balaban J connectivity index is 1.37. The number of para-hydroxylation sites is 1. The van der Waals surface area contributed by atoms with E-state index < -0.39 is 11.8 Å². The Hall–Kier alpha value is -4.10. The topological polar surface area (TPSA) is 112 Å². The fourth-order valence-electron chi connectivity index (χ4n) is 2.90. The average molecular weight is 434 g/mol. The van der Waals surface area contributed by atoms with E-state index in [-0.39, 0.29) is 23.6 Å². The average Bonchev–Trinajstić information content (AvgIpc) is 3.36. The number of nitrogens with one attached hydrogen (secondary N) is 2. The normalized spacial score (nSPS) is 10.6. The van der Waals surface area contributed by atoms with Crippen LogP contribution in [0, 0.1) is 17.1 Å². The number of fused-ring (bicyclic) bond motifs is 1. The monoisotopic (exact) mass is 434 g/mol. The van der Waals surface area contributed by atoms with E-state index in [9.17, 15) is 14.0 Å². The Morgan fingerprint density at radius 1 is 1.16 bits per heavy atom. The zero-order valence-corrected chi connectivity index (χ0v) is 16.8. The van der Waals surface area contributed by atoms with Crippen molar-refractivity contribution >= 4 is 33.8 Å². The van der Waals surface area contributed by atoms with Gasteiger partial charge >= 0.3 is 11.8 Å². The summed E-state index contributed by atoms with van der Waals surface area (Å²) in [6.45, 7) is 0.202. The summed E-state index contributed by atoms with van der Waals surface area (Å²) in [6.07, 6.45) is 0.416. The number of aromatic nitrogens is 3. The van der Waals surface area contributed by atoms with E-state index in [1.807, 2.05) is 11.4 Å². The molecule has 0 atom stereocenters. The molecule has 0 radical (unpaired) electrons. The van der Waals surface area contributed by atoms with Gasteiger partial charge in [-0.15, -0.1) is 16.4 Å². The van der Waals surface area contributed by atoms with Gasteiger partial charge in [-0.05, 0) is 24.3 Å². The van der Waals surface area contributed by atoms with Crippen molar-refractivity contribution in [2.75, 3.05) is 11.9 Å². The van der Waals surface area contributed by atoms with E-state index in [0.29, 0.717) is 22.8 Å². The van der Waals surface area contributed by atoms with Crippen LogP contribution >= 0.6 is 11.3 Å². The number of amides is 2. The molecule has 2 heterocycles. The lowest BCUT2D eigenvalue weighted by molar-refractivity contribution is -0.136. The third kappa shape index (κ3) is 4.41. The van der Waals surface area contributed by atoms with Crippen molar-refractivity contribution in [3.63, 3.8) is 0 Å². The molecule has 4 rings (SSSR count). The van der Waals surface area contributed by atoms with Crippen LogP contribution in [-0.2, 0) is 16.0 Å². The second-order valence-corrected chi connectivity index (χ2v) is 7.32. The van der Waals surface area contributed by atoms with Crippen molar-refractivity contribution < 1.29 is 14.0 Å². The Kier molecular flexibility index (Phi) is 5.68. The van der Waals surface area contributed by atoms with Gasteiger partial charge in [-0.25, -0.2) is 8.91 Å². The van der Waals surface area contributed by atoms with E-state index in [1.165, 1.54) is 23.5 Å². The predicted molar refractivity (Wildman–Crippen MR) is 113 cm³/mol. The third-order valence-electron chi connectivity index (χ3n) is 4.40. The van der Waals surface area contributed by atoms with E-state index >= 15 is 0 Å². The van der Waals surface area contributed by atoms with Crippen LogP contribution in [0.2, 0.25) is 0 Å². The standard InChI is InChI=1S/C21H15FN6O2S/c22-15-6-3-5-13(10-15)18-26-21-28(27-18)16(12-31-21)8-9-24-19(29)20(30)25-17-7-2-1-4-14(17)11-23/h1-7,10,12H,8-9H2,(H,24,29)(H,25,30). The van der Waals surface area contributed by atoms with Gasteiger partial charge < -0.3 is 10.6 Å². The number of rotatable bonds is 5. The zero-order chi connectivity index (χ0) is 21.8. The molecule has 2 N–H and O–H groups in total. The lowest BCUT2D eigenvalue weighted by Crippen LogP contribution is -2.36. The maximum absolute atomic E-state index is 13.5. The molecule has 0 aliphatic rings. The fraction of sp³-hybridized carbons (Fsp3) is 0.0952. The van der Waals surface area contributed by atoms with Gasteiger partial charge in [0.2, 0.25) is 4.96 Å². The molecule has 0 bridgehead atoms. The summed E-state index contributed by atoms with van der Waals surface area (Å²) in [4.78, 5) is 29.2. The van der Waals surface area contributed by atoms with Crippen molar-refractivity contribution in [3.05, 3.63) is 71.0 Å². The van der Waals surface area contributed by atoms with Crippen LogP contribution in [-0.4, -0.2) is 33.0 Å². The zero-order valence-electron chi connectivity index (χ0n) is 16.0. The summed E-state index contributed by atoms with van der Waals surface area (Å²) < 4.78 is 15.1. The molecule has 8 nitrogen and oxygen atoms in total. The molecule has 2 aromatic carbocycles. The second kappa shape index (κ2) is 8.73. The first-order chi connectivity index (χ1) is 15.0. The van der Waals surface area contributed by atoms with Gasteiger partial charge in [-0.1, -0.05) is 24.3 Å². The first-order valence-corrected chi connectivity index (χ1v) is 10.1. The van der Waals surface area contributed by atoms with Crippen LogP contribution in [0.15, 0.2) is 53.9 Å². The van der Waals surface area contributed by atoms with Gasteiger partial charge in [0, 0.05) is 23.9 Å². The number of hydrogen-bond acceptors (Lipinski definition) is 6. The predicted octanol–water partition coefficient (Wildman–Crippen LogP) is 2.77. The molecule has 0 aliphatic carbocycles. The van der Waals surface area contributed by atoms with E-state index in [1.54, 1.807) is 40.9 Å². The lowest BCUT2D eigenvalue weighted by atomic mass is 10.2. The second-order valence-electron chi connectivity index (χ2n) is 6.48. The minimum atomic E-state index is -0.854. The first kappa shape index (κ1) is 20.2. The fourth-order valence-corrected chi connectivity index (χ4v) is 3.76. The highest BCUT2D eigenvalue weighted by Gasteiger charge is 2.16. The number of carbonyl (C=O) groups is 2. The molecule has 4 aromatic rings. The molecule has 2 aromatic heterocycles. The number of nitrogens with zero attached hydrogens (tertiary/aromatic N) is 4. The number of anilines is 1. The van der Waals surface area contributed by atoms with E-state index in [4.69, 9.17) is 5.26 Å². The summed E-state index contributed by atoms with van der Waals surface area (Å²) in [5, 5.41) is 20.3. The highest BCUT2D eigenvalue weighted by molar-refractivity contribution is 7.15. The summed E-state index contributed by atoms with van der Waals surface area (Å²) in [7, 11) is 0. The molecule has 10 heteroatoms. The summed E-state index contributed by atoms with van der Waals surface area (Å²) >= 11 is 1.38. The maximum atomic E-state index is 13.5. The van der Waals surface area contributed by atoms with Crippen LogP contribution in [0.5, 0.6) is 0 Å². The van der Waals surface area contributed by atoms with Gasteiger partial charge in [0.05, 0.1) is 16.9 Å². The number of nitriles is 1. The molecule has 2 amide bonds. The Morgan fingerprint density at radius 3 is 2.81 bits per heavy atom. The number of halogens is 1. The van der Waals surface area contributed by atoms with Crippen LogP contribution < -0.4 is 10.6 Å². The maximum Gasteiger partial charge on any atom is 0.313 e. The summed E-state index contributed by atoms with van der Waals surface area (Å²) in [5.41, 5.74) is 1.91. The molecule has 0 fully saturated rings. The molecule has 0 aliphatic heterocycles. The van der Waals surface area contributed by atoms with Crippen molar-refractivity contribution in [1.82, 2.24) is 19.9 Å². The van der Waals surface area contributed by atoms with Gasteiger partial charge in [-0.3, -0.25) is 9.59 Å². The molecule has 0 unspecified atom stereocenters. The highest BCUT2D eigenvalue weighted by Crippen LogP contribution is 2.21. The minimum Gasteiger partial charge on any atom is -0.347 e. The van der Waals surface area contributed by atoms with Crippen molar-refractivity contribution in [3.8, 4) is 17.5 Å². The van der Waals surface area contributed by atoms with Crippen LogP contribution in [0.1, 0.15) is 11.3 Å². The molecular weight excluding hydrogens is 419 g/mol. The molecule has 154 valence electrons. The third-order valence-corrected chi connectivity index (χ3v) is 5.27. The number of carbonyl (C=O) groups excluding carboxylic acids is 2. The van der Waals surface area contributed by atoms with Crippen LogP contribution in [0.4, 0.5) is 10.1 Å². The van der Waals surface area contributed by atoms with E-state index in [0.717, 1.165) is 5.69 Å². The SMILES string of the molecule is N#Cc1ccccc1NC(=O)C(=O)NCCc1csc2nc(-c3cccc(F)c3)nn12. The minimum absolute atomic E-state index is 0.202. The van der Waals surface area contributed by atoms with Crippen LogP contribution in [0.3, 0.4) is 0 Å². The van der Waals surface area contributed by atoms with Gasteiger partial charge in [-0.2, -0.15) is 10.2 Å². The number of benzene rings is 2. The van der Waals surface area contributed by atoms with Gasteiger partial charge in [0.1, 0.15) is 11.9 Å².